The van der Waals surface area contributed by atoms with Gasteiger partial charge in [0.2, 0.25) is 5.43 Å². The highest BCUT2D eigenvalue weighted by molar-refractivity contribution is 6.30. The molecule has 4 rings (SSSR count). The Morgan fingerprint density at radius 1 is 1.17 bits per heavy atom. The van der Waals surface area contributed by atoms with Gasteiger partial charge in [0.15, 0.2) is 6.61 Å². The first kappa shape index (κ1) is 19.5. The molecule has 0 bridgehead atoms. The Labute approximate surface area is 173 Å². The second-order valence-electron chi connectivity index (χ2n) is 7.36. The predicted octanol–water partition coefficient (Wildman–Crippen LogP) is 4.86. The smallest absolute Gasteiger partial charge is 0.258 e. The number of aryl methyl sites for hydroxylation is 1. The van der Waals surface area contributed by atoms with Crippen molar-refractivity contribution in [2.45, 2.75) is 38.6 Å². The third kappa shape index (κ3) is 4.30. The second-order valence-corrected chi connectivity index (χ2v) is 7.80. The number of carbonyl (C=O) groups excluding carboxylic acids is 1. The Morgan fingerprint density at radius 2 is 1.90 bits per heavy atom. The molecular formula is C23H22ClNO4. The van der Waals surface area contributed by atoms with E-state index in [4.69, 9.17) is 20.8 Å². The van der Waals surface area contributed by atoms with Crippen LogP contribution >= 0.6 is 11.6 Å². The molecular weight excluding hydrogens is 390 g/mol. The van der Waals surface area contributed by atoms with Gasteiger partial charge in [0.25, 0.3) is 5.91 Å². The Balaban J connectivity index is 1.55. The van der Waals surface area contributed by atoms with Gasteiger partial charge in [-0.05, 0) is 49.6 Å². The third-order valence-electron chi connectivity index (χ3n) is 5.26. The molecule has 1 fully saturated rings. The summed E-state index contributed by atoms with van der Waals surface area (Å²) in [4.78, 5) is 25.1. The van der Waals surface area contributed by atoms with Crippen LogP contribution in [0.3, 0.4) is 0 Å². The molecule has 1 aliphatic carbocycles. The number of ether oxygens (including phenoxy) is 1. The topological polar surface area (TPSA) is 68.5 Å². The highest BCUT2D eigenvalue weighted by Crippen LogP contribution is 2.27. The second kappa shape index (κ2) is 8.29. The van der Waals surface area contributed by atoms with Gasteiger partial charge in [0.1, 0.15) is 17.1 Å². The average molecular weight is 412 g/mol. The van der Waals surface area contributed by atoms with E-state index in [2.05, 4.69) is 5.32 Å². The fourth-order valence-electron chi connectivity index (χ4n) is 3.81. The third-order valence-corrected chi connectivity index (χ3v) is 5.51. The predicted molar refractivity (Wildman–Crippen MR) is 114 cm³/mol. The van der Waals surface area contributed by atoms with Crippen LogP contribution in [-0.2, 0) is 4.79 Å². The van der Waals surface area contributed by atoms with Crippen LogP contribution < -0.4 is 15.5 Å². The molecule has 0 aliphatic heterocycles. The lowest BCUT2D eigenvalue weighted by Gasteiger charge is -2.13. The van der Waals surface area contributed by atoms with Gasteiger partial charge in [-0.15, -0.1) is 0 Å². The number of fused-ring (bicyclic) bond motifs is 1. The molecule has 1 aromatic heterocycles. The molecule has 1 amide bonds. The molecule has 1 heterocycles. The molecule has 0 radical (unpaired) electrons. The van der Waals surface area contributed by atoms with Crippen LogP contribution in [-0.4, -0.2) is 18.6 Å². The van der Waals surface area contributed by atoms with Crippen molar-refractivity contribution >= 4 is 28.5 Å². The first-order chi connectivity index (χ1) is 14.0. The molecule has 6 heteroatoms. The Bertz CT molecular complexity index is 1100. The van der Waals surface area contributed by atoms with Crippen molar-refractivity contribution in [3.63, 3.8) is 0 Å². The maximum absolute atomic E-state index is 13.0. The molecule has 1 aliphatic rings. The van der Waals surface area contributed by atoms with E-state index >= 15 is 0 Å². The molecule has 0 saturated heterocycles. The minimum Gasteiger partial charge on any atom is -0.484 e. The lowest BCUT2D eigenvalue weighted by molar-refractivity contribution is -0.123. The number of halogens is 1. The number of hydrogen-bond acceptors (Lipinski definition) is 4. The van der Waals surface area contributed by atoms with Gasteiger partial charge in [-0.2, -0.15) is 0 Å². The summed E-state index contributed by atoms with van der Waals surface area (Å²) in [6, 6.07) is 12.4. The average Bonchev–Trinajstić information content (AvgIpc) is 3.20. The minimum atomic E-state index is -0.132. The number of amides is 1. The summed E-state index contributed by atoms with van der Waals surface area (Å²) in [5.41, 5.74) is 1.58. The minimum absolute atomic E-state index is 0.0614. The van der Waals surface area contributed by atoms with Crippen molar-refractivity contribution < 1.29 is 13.9 Å². The van der Waals surface area contributed by atoms with Crippen molar-refractivity contribution in [3.05, 3.63) is 63.5 Å². The normalized spacial score (nSPS) is 14.3. The highest BCUT2D eigenvalue weighted by Gasteiger charge is 2.18. The molecule has 5 nitrogen and oxygen atoms in total. The van der Waals surface area contributed by atoms with Crippen LogP contribution in [0, 0.1) is 6.92 Å². The van der Waals surface area contributed by atoms with E-state index in [-0.39, 0.29) is 24.0 Å². The van der Waals surface area contributed by atoms with E-state index in [0.717, 1.165) is 31.2 Å². The zero-order chi connectivity index (χ0) is 20.4. The van der Waals surface area contributed by atoms with E-state index in [9.17, 15) is 9.59 Å². The summed E-state index contributed by atoms with van der Waals surface area (Å²) in [6.45, 7) is 1.70. The maximum Gasteiger partial charge on any atom is 0.258 e. The highest BCUT2D eigenvalue weighted by atomic mass is 35.5. The van der Waals surface area contributed by atoms with E-state index in [1.54, 1.807) is 49.4 Å². The zero-order valence-electron chi connectivity index (χ0n) is 16.2. The number of carbonyl (C=O) groups is 1. The van der Waals surface area contributed by atoms with Crippen molar-refractivity contribution in [2.75, 3.05) is 6.61 Å². The van der Waals surface area contributed by atoms with Gasteiger partial charge < -0.3 is 14.5 Å². The fraction of sp³-hybridized carbons (Fsp3) is 0.304. The van der Waals surface area contributed by atoms with Gasteiger partial charge in [0, 0.05) is 17.1 Å². The van der Waals surface area contributed by atoms with Crippen molar-refractivity contribution in [1.82, 2.24) is 5.32 Å². The lowest BCUT2D eigenvalue weighted by Crippen LogP contribution is -2.36. The first-order valence-corrected chi connectivity index (χ1v) is 10.1. The number of nitrogens with one attached hydrogen (secondary N) is 1. The quantitative estimate of drug-likeness (QED) is 0.651. The van der Waals surface area contributed by atoms with E-state index < -0.39 is 0 Å². The monoisotopic (exact) mass is 411 g/mol. The van der Waals surface area contributed by atoms with Crippen LogP contribution in [0.25, 0.3) is 22.1 Å². The van der Waals surface area contributed by atoms with Crippen LogP contribution in [0.1, 0.15) is 31.4 Å². The summed E-state index contributed by atoms with van der Waals surface area (Å²) < 4.78 is 11.5. The Kier molecular flexibility index (Phi) is 5.58. The molecule has 1 N–H and O–H groups in total. The first-order valence-electron chi connectivity index (χ1n) is 9.77. The summed E-state index contributed by atoms with van der Waals surface area (Å²) in [5.74, 6) is 0.870. The molecule has 3 aromatic rings. The van der Waals surface area contributed by atoms with Gasteiger partial charge >= 0.3 is 0 Å². The molecule has 1 saturated carbocycles. The molecule has 0 unspecified atom stereocenters. The largest absolute Gasteiger partial charge is 0.484 e. The summed E-state index contributed by atoms with van der Waals surface area (Å²) >= 11 is 5.95. The van der Waals surface area contributed by atoms with Crippen molar-refractivity contribution in [1.29, 1.82) is 0 Å². The summed E-state index contributed by atoms with van der Waals surface area (Å²) in [7, 11) is 0. The van der Waals surface area contributed by atoms with Crippen LogP contribution in [0.2, 0.25) is 5.02 Å². The fourth-order valence-corrected chi connectivity index (χ4v) is 3.94. The van der Waals surface area contributed by atoms with Gasteiger partial charge in [0.05, 0.1) is 10.9 Å². The maximum atomic E-state index is 13.0. The molecule has 2 aromatic carbocycles. The zero-order valence-corrected chi connectivity index (χ0v) is 16.9. The Hall–Kier alpha value is -2.79. The van der Waals surface area contributed by atoms with E-state index in [1.165, 1.54) is 0 Å². The molecule has 150 valence electrons. The number of benzene rings is 2. The van der Waals surface area contributed by atoms with Gasteiger partial charge in [-0.3, -0.25) is 9.59 Å². The summed E-state index contributed by atoms with van der Waals surface area (Å²) in [6.07, 6.45) is 4.38. The van der Waals surface area contributed by atoms with Crippen LogP contribution in [0.4, 0.5) is 0 Å². The van der Waals surface area contributed by atoms with Gasteiger partial charge in [-0.25, -0.2) is 0 Å². The van der Waals surface area contributed by atoms with E-state index in [1.807, 2.05) is 0 Å². The SMILES string of the molecule is Cc1oc2cc(OCC(=O)NC3CCCC3)ccc2c(=O)c1-c1ccc(Cl)cc1. The van der Waals surface area contributed by atoms with Crippen LogP contribution in [0.15, 0.2) is 51.7 Å². The molecule has 0 atom stereocenters. The standard InChI is InChI=1S/C23H22ClNO4/c1-14-22(15-6-8-16(24)9-7-15)23(27)19-11-10-18(12-20(19)29-14)28-13-21(26)25-17-4-2-3-5-17/h6-12,17H,2-5,13H2,1H3,(H,25,26). The summed E-state index contributed by atoms with van der Waals surface area (Å²) in [5, 5.41) is 4.06. The van der Waals surface area contributed by atoms with Crippen molar-refractivity contribution in [3.8, 4) is 16.9 Å². The molecule has 29 heavy (non-hydrogen) atoms. The lowest BCUT2D eigenvalue weighted by atomic mass is 10.0. The van der Waals surface area contributed by atoms with Gasteiger partial charge in [-0.1, -0.05) is 36.6 Å². The Morgan fingerprint density at radius 3 is 2.62 bits per heavy atom. The van der Waals surface area contributed by atoms with E-state index in [0.29, 0.717) is 33.1 Å². The number of hydrogen-bond donors (Lipinski definition) is 1. The van der Waals surface area contributed by atoms with Crippen molar-refractivity contribution in [2.24, 2.45) is 0 Å². The molecule has 0 spiro atoms. The van der Waals surface area contributed by atoms with Crippen LogP contribution in [0.5, 0.6) is 5.75 Å². The number of rotatable bonds is 5.